The zero-order valence-electron chi connectivity index (χ0n) is 6.18. The summed E-state index contributed by atoms with van der Waals surface area (Å²) in [5.74, 6) is 0. The van der Waals surface area contributed by atoms with Crippen molar-refractivity contribution in [3.05, 3.63) is 0 Å². The number of carbonyl (C=O) groups excluding carboxylic acids is 1. The molecule has 2 amide bonds. The quantitative estimate of drug-likeness (QED) is 0.476. The second kappa shape index (κ2) is 6.35. The van der Waals surface area contributed by atoms with E-state index >= 15 is 0 Å². The summed E-state index contributed by atoms with van der Waals surface area (Å²) in [5, 5.41) is 13.5. The molecule has 0 fully saturated rings. The Labute approximate surface area is 60.6 Å². The van der Waals surface area contributed by atoms with Crippen LogP contribution >= 0.6 is 0 Å². The van der Waals surface area contributed by atoms with Gasteiger partial charge in [0.2, 0.25) is 0 Å². The third-order valence-electron chi connectivity index (χ3n) is 0.958. The lowest BCUT2D eigenvalue weighted by Gasteiger charge is -2.02. The molecule has 0 saturated heterocycles. The zero-order chi connectivity index (χ0) is 7.82. The Hall–Kier alpha value is -0.770. The fourth-order valence-electron chi connectivity index (χ4n) is 0.504. The molecule has 0 aliphatic rings. The van der Waals surface area contributed by atoms with Crippen LogP contribution in [0.2, 0.25) is 0 Å². The molecule has 0 rings (SSSR count). The van der Waals surface area contributed by atoms with Crippen molar-refractivity contribution in [2.45, 2.75) is 13.3 Å². The van der Waals surface area contributed by atoms with E-state index in [-0.39, 0.29) is 12.6 Å². The highest BCUT2D eigenvalue weighted by Crippen LogP contribution is 1.71. The number of rotatable bonds is 4. The third kappa shape index (κ3) is 5.37. The van der Waals surface area contributed by atoms with E-state index in [1.807, 2.05) is 6.92 Å². The highest BCUT2D eigenvalue weighted by Gasteiger charge is 1.93. The van der Waals surface area contributed by atoms with Crippen molar-refractivity contribution in [2.24, 2.45) is 0 Å². The standard InChI is InChI=1S/C6H14N2O2/c1-2-7-6(10)8-4-3-5-9/h9H,2-5H2,1H3,(H2,7,8,10). The predicted octanol–water partition coefficient (Wildman–Crippen LogP) is -0.312. The first-order valence-corrected chi connectivity index (χ1v) is 3.43. The van der Waals surface area contributed by atoms with Crippen molar-refractivity contribution in [3.8, 4) is 0 Å². The molecule has 0 atom stereocenters. The highest BCUT2D eigenvalue weighted by atomic mass is 16.3. The second-order valence-corrected chi connectivity index (χ2v) is 1.86. The minimum absolute atomic E-state index is 0.117. The largest absolute Gasteiger partial charge is 0.396 e. The Morgan fingerprint density at radius 3 is 2.70 bits per heavy atom. The van der Waals surface area contributed by atoms with Crippen LogP contribution in [0, 0.1) is 0 Å². The molecule has 0 aliphatic carbocycles. The number of amides is 2. The summed E-state index contributed by atoms with van der Waals surface area (Å²) < 4.78 is 0. The summed E-state index contributed by atoms with van der Waals surface area (Å²) in [6, 6.07) is -0.170. The van der Waals surface area contributed by atoms with Gasteiger partial charge in [-0.15, -0.1) is 0 Å². The lowest BCUT2D eigenvalue weighted by molar-refractivity contribution is 0.238. The van der Waals surface area contributed by atoms with Gasteiger partial charge >= 0.3 is 6.03 Å². The van der Waals surface area contributed by atoms with Gasteiger partial charge in [0.15, 0.2) is 0 Å². The van der Waals surface area contributed by atoms with Crippen molar-refractivity contribution in [2.75, 3.05) is 19.7 Å². The molecular formula is C6H14N2O2. The first-order valence-electron chi connectivity index (χ1n) is 3.43. The minimum Gasteiger partial charge on any atom is -0.396 e. The Kier molecular flexibility index (Phi) is 5.86. The molecule has 4 heteroatoms. The van der Waals surface area contributed by atoms with Gasteiger partial charge < -0.3 is 15.7 Å². The van der Waals surface area contributed by atoms with E-state index in [0.717, 1.165) is 0 Å². The molecule has 0 saturated carbocycles. The molecular weight excluding hydrogens is 132 g/mol. The molecule has 10 heavy (non-hydrogen) atoms. The summed E-state index contributed by atoms with van der Waals surface area (Å²) in [5.41, 5.74) is 0. The maximum Gasteiger partial charge on any atom is 0.314 e. The van der Waals surface area contributed by atoms with Crippen LogP contribution in [-0.4, -0.2) is 30.8 Å². The van der Waals surface area contributed by atoms with E-state index in [2.05, 4.69) is 10.6 Å². The number of carbonyl (C=O) groups is 1. The van der Waals surface area contributed by atoms with E-state index in [1.54, 1.807) is 0 Å². The minimum atomic E-state index is -0.170. The van der Waals surface area contributed by atoms with Crippen LogP contribution in [0.1, 0.15) is 13.3 Å². The Morgan fingerprint density at radius 1 is 1.50 bits per heavy atom. The molecule has 0 aromatic rings. The summed E-state index contributed by atoms with van der Waals surface area (Å²) in [6.07, 6.45) is 0.608. The van der Waals surface area contributed by atoms with Crippen molar-refractivity contribution < 1.29 is 9.90 Å². The molecule has 0 bridgehead atoms. The fraction of sp³-hybridized carbons (Fsp3) is 0.833. The molecule has 0 aliphatic heterocycles. The van der Waals surface area contributed by atoms with Crippen LogP contribution in [0.4, 0.5) is 4.79 Å². The molecule has 60 valence electrons. The maximum absolute atomic E-state index is 10.6. The third-order valence-corrected chi connectivity index (χ3v) is 0.958. The molecule has 0 radical (unpaired) electrons. The average Bonchev–Trinajstić information content (AvgIpc) is 1.89. The van der Waals surface area contributed by atoms with E-state index in [1.165, 1.54) is 0 Å². The highest BCUT2D eigenvalue weighted by molar-refractivity contribution is 5.73. The van der Waals surface area contributed by atoms with E-state index in [9.17, 15) is 4.79 Å². The van der Waals surface area contributed by atoms with Gasteiger partial charge in [-0.05, 0) is 13.3 Å². The predicted molar refractivity (Wildman–Crippen MR) is 38.8 cm³/mol. The van der Waals surface area contributed by atoms with Crippen molar-refractivity contribution >= 4 is 6.03 Å². The van der Waals surface area contributed by atoms with Crippen LogP contribution in [0.5, 0.6) is 0 Å². The van der Waals surface area contributed by atoms with Crippen molar-refractivity contribution in [3.63, 3.8) is 0 Å². The Balaban J connectivity index is 3.05. The van der Waals surface area contributed by atoms with Gasteiger partial charge in [0.1, 0.15) is 0 Å². The molecule has 4 nitrogen and oxygen atoms in total. The number of nitrogens with one attached hydrogen (secondary N) is 2. The lowest BCUT2D eigenvalue weighted by Crippen LogP contribution is -2.35. The van der Waals surface area contributed by atoms with Crippen LogP contribution in [0.25, 0.3) is 0 Å². The van der Waals surface area contributed by atoms with Gasteiger partial charge in [0.25, 0.3) is 0 Å². The lowest BCUT2D eigenvalue weighted by atomic mass is 10.4. The summed E-state index contributed by atoms with van der Waals surface area (Å²) in [6.45, 7) is 3.13. The normalized spacial score (nSPS) is 9.00. The van der Waals surface area contributed by atoms with Gasteiger partial charge in [-0.1, -0.05) is 0 Å². The topological polar surface area (TPSA) is 61.4 Å². The fourth-order valence-corrected chi connectivity index (χ4v) is 0.504. The van der Waals surface area contributed by atoms with Crippen LogP contribution in [-0.2, 0) is 0 Å². The smallest absolute Gasteiger partial charge is 0.314 e. The first-order chi connectivity index (χ1) is 4.81. The maximum atomic E-state index is 10.6. The van der Waals surface area contributed by atoms with E-state index in [0.29, 0.717) is 19.5 Å². The first kappa shape index (κ1) is 9.23. The van der Waals surface area contributed by atoms with E-state index < -0.39 is 0 Å². The summed E-state index contributed by atoms with van der Waals surface area (Å²) >= 11 is 0. The Morgan fingerprint density at radius 2 is 2.20 bits per heavy atom. The SMILES string of the molecule is CCNC(=O)NCCCO. The molecule has 0 heterocycles. The van der Waals surface area contributed by atoms with Crippen molar-refractivity contribution in [1.29, 1.82) is 0 Å². The van der Waals surface area contributed by atoms with Gasteiger partial charge in [-0.3, -0.25) is 0 Å². The molecule has 0 aromatic carbocycles. The number of hydrogen-bond acceptors (Lipinski definition) is 2. The van der Waals surface area contributed by atoms with Gasteiger partial charge in [-0.25, -0.2) is 4.79 Å². The summed E-state index contributed by atoms with van der Waals surface area (Å²) in [4.78, 5) is 10.6. The zero-order valence-corrected chi connectivity index (χ0v) is 6.18. The molecule has 0 aromatic heterocycles. The van der Waals surface area contributed by atoms with Gasteiger partial charge in [0, 0.05) is 19.7 Å². The van der Waals surface area contributed by atoms with Crippen LogP contribution in [0.3, 0.4) is 0 Å². The van der Waals surface area contributed by atoms with E-state index in [4.69, 9.17) is 5.11 Å². The second-order valence-electron chi connectivity index (χ2n) is 1.86. The van der Waals surface area contributed by atoms with Crippen LogP contribution < -0.4 is 10.6 Å². The number of urea groups is 1. The molecule has 3 N–H and O–H groups in total. The molecule has 0 unspecified atom stereocenters. The Bertz CT molecular complexity index is 95.7. The average molecular weight is 146 g/mol. The van der Waals surface area contributed by atoms with Gasteiger partial charge in [0.05, 0.1) is 0 Å². The van der Waals surface area contributed by atoms with Gasteiger partial charge in [-0.2, -0.15) is 0 Å². The molecule has 0 spiro atoms. The van der Waals surface area contributed by atoms with Crippen molar-refractivity contribution in [1.82, 2.24) is 10.6 Å². The summed E-state index contributed by atoms with van der Waals surface area (Å²) in [7, 11) is 0. The number of aliphatic hydroxyl groups is 1. The van der Waals surface area contributed by atoms with Crippen LogP contribution in [0.15, 0.2) is 0 Å². The monoisotopic (exact) mass is 146 g/mol. The number of aliphatic hydroxyl groups excluding tert-OH is 1. The number of hydrogen-bond donors (Lipinski definition) is 3.